The van der Waals surface area contributed by atoms with Gasteiger partial charge >= 0.3 is 0 Å². The molecule has 0 aromatic heterocycles. The molecule has 2 heteroatoms. The van der Waals surface area contributed by atoms with Crippen LogP contribution in [0.3, 0.4) is 0 Å². The van der Waals surface area contributed by atoms with Crippen molar-refractivity contribution in [3.8, 4) is 5.75 Å². The molecule has 0 spiro atoms. The summed E-state index contributed by atoms with van der Waals surface area (Å²) < 4.78 is 6.66. The number of halogens is 1. The fourth-order valence-corrected chi connectivity index (χ4v) is 3.21. The van der Waals surface area contributed by atoms with Gasteiger partial charge in [-0.05, 0) is 41.5 Å². The highest BCUT2D eigenvalue weighted by molar-refractivity contribution is 9.10. The van der Waals surface area contributed by atoms with Crippen molar-refractivity contribution >= 4 is 15.9 Å². The second kappa shape index (κ2) is 4.77. The van der Waals surface area contributed by atoms with Gasteiger partial charge in [0.1, 0.15) is 5.75 Å². The number of para-hydroxylation sites is 1. The second-order valence-electron chi connectivity index (χ2n) is 4.71. The molecule has 18 heavy (non-hydrogen) atoms. The lowest BCUT2D eigenvalue weighted by Gasteiger charge is -2.08. The monoisotopic (exact) mass is 302 g/mol. The Bertz CT molecular complexity index is 565. The molecule has 0 unspecified atom stereocenters. The van der Waals surface area contributed by atoms with Crippen molar-refractivity contribution in [1.82, 2.24) is 0 Å². The third kappa shape index (κ3) is 2.05. The van der Waals surface area contributed by atoms with E-state index in [1.165, 1.54) is 22.0 Å². The quantitative estimate of drug-likeness (QED) is 0.796. The lowest BCUT2D eigenvalue weighted by atomic mass is 10.0. The maximum Gasteiger partial charge on any atom is 0.122 e. The van der Waals surface area contributed by atoms with Gasteiger partial charge in [-0.1, -0.05) is 52.3 Å². The van der Waals surface area contributed by atoms with Crippen molar-refractivity contribution in [2.45, 2.75) is 18.3 Å². The normalized spacial score (nSPS) is 21.7. The largest absolute Gasteiger partial charge is 0.496 e. The number of methoxy groups -OCH3 is 1. The van der Waals surface area contributed by atoms with Crippen LogP contribution in [0.4, 0.5) is 0 Å². The first-order chi connectivity index (χ1) is 8.81. The van der Waals surface area contributed by atoms with Gasteiger partial charge in [-0.25, -0.2) is 0 Å². The molecule has 1 aliphatic carbocycles. The summed E-state index contributed by atoms with van der Waals surface area (Å²) in [6, 6.07) is 16.8. The van der Waals surface area contributed by atoms with E-state index in [0.29, 0.717) is 11.8 Å². The Hall–Kier alpha value is -1.28. The van der Waals surface area contributed by atoms with Crippen molar-refractivity contribution < 1.29 is 4.74 Å². The summed E-state index contributed by atoms with van der Waals surface area (Å²) in [5.74, 6) is 2.23. The molecule has 2 aromatic carbocycles. The maximum absolute atomic E-state index is 5.45. The molecule has 92 valence electrons. The molecule has 1 saturated carbocycles. The zero-order chi connectivity index (χ0) is 12.5. The fourth-order valence-electron chi connectivity index (χ4n) is 2.63. The molecular weight excluding hydrogens is 288 g/mol. The predicted molar refractivity (Wildman–Crippen MR) is 77.2 cm³/mol. The minimum absolute atomic E-state index is 0.597. The predicted octanol–water partition coefficient (Wildman–Crippen LogP) is 4.73. The smallest absolute Gasteiger partial charge is 0.122 e. The van der Waals surface area contributed by atoms with Gasteiger partial charge in [0.2, 0.25) is 0 Å². The van der Waals surface area contributed by atoms with Crippen LogP contribution >= 0.6 is 15.9 Å². The van der Waals surface area contributed by atoms with Crippen LogP contribution in [-0.4, -0.2) is 7.11 Å². The van der Waals surface area contributed by atoms with Gasteiger partial charge < -0.3 is 4.74 Å². The Balaban J connectivity index is 1.88. The lowest BCUT2D eigenvalue weighted by molar-refractivity contribution is 0.409. The topological polar surface area (TPSA) is 9.23 Å². The molecule has 2 aromatic rings. The van der Waals surface area contributed by atoms with Crippen LogP contribution in [0.1, 0.15) is 29.4 Å². The van der Waals surface area contributed by atoms with Crippen LogP contribution < -0.4 is 4.74 Å². The zero-order valence-electron chi connectivity index (χ0n) is 10.3. The first-order valence-electron chi connectivity index (χ1n) is 6.18. The van der Waals surface area contributed by atoms with Gasteiger partial charge in [-0.3, -0.25) is 0 Å². The molecule has 2 atom stereocenters. The van der Waals surface area contributed by atoms with E-state index < -0.39 is 0 Å². The van der Waals surface area contributed by atoms with Crippen molar-refractivity contribution in [3.63, 3.8) is 0 Å². The van der Waals surface area contributed by atoms with Crippen LogP contribution in [0.5, 0.6) is 5.75 Å². The fraction of sp³-hybridized carbons (Fsp3) is 0.250. The molecule has 0 heterocycles. The van der Waals surface area contributed by atoms with Gasteiger partial charge in [0.25, 0.3) is 0 Å². The Morgan fingerprint density at radius 2 is 1.56 bits per heavy atom. The molecule has 0 radical (unpaired) electrons. The highest BCUT2D eigenvalue weighted by Crippen LogP contribution is 2.57. The summed E-state index contributed by atoms with van der Waals surface area (Å²) in [5, 5.41) is 0. The van der Waals surface area contributed by atoms with E-state index in [0.717, 1.165) is 5.75 Å². The lowest BCUT2D eigenvalue weighted by Crippen LogP contribution is -1.91. The van der Waals surface area contributed by atoms with Crippen molar-refractivity contribution in [1.29, 1.82) is 0 Å². The van der Waals surface area contributed by atoms with E-state index >= 15 is 0 Å². The molecular formula is C16H15BrO. The van der Waals surface area contributed by atoms with Crippen LogP contribution in [-0.2, 0) is 0 Å². The average molecular weight is 303 g/mol. The summed E-state index contributed by atoms with van der Waals surface area (Å²) >= 11 is 3.64. The van der Waals surface area contributed by atoms with E-state index in [9.17, 15) is 0 Å². The van der Waals surface area contributed by atoms with Gasteiger partial charge in [-0.15, -0.1) is 0 Å². The molecule has 0 saturated heterocycles. The molecule has 0 amide bonds. The Morgan fingerprint density at radius 3 is 2.28 bits per heavy atom. The highest BCUT2D eigenvalue weighted by Gasteiger charge is 2.41. The van der Waals surface area contributed by atoms with Crippen molar-refractivity contribution in [2.24, 2.45) is 0 Å². The summed E-state index contributed by atoms with van der Waals surface area (Å²) in [5.41, 5.74) is 2.74. The van der Waals surface area contributed by atoms with Gasteiger partial charge in [0.15, 0.2) is 0 Å². The zero-order valence-corrected chi connectivity index (χ0v) is 11.9. The molecule has 1 nitrogen and oxygen atoms in total. The standard InChI is InChI=1S/C16H15BrO/c1-18-16-9-5-3-7-12(16)14-10-13(14)11-6-2-4-8-15(11)17/h2-9,13-14H,10H2,1H3/t13-,14-/m0/s1. The summed E-state index contributed by atoms with van der Waals surface area (Å²) in [6.45, 7) is 0. The summed E-state index contributed by atoms with van der Waals surface area (Å²) in [6.07, 6.45) is 1.21. The molecule has 3 rings (SSSR count). The molecule has 1 aliphatic rings. The first kappa shape index (κ1) is 11.8. The Labute approximate surface area is 116 Å². The third-order valence-corrected chi connectivity index (χ3v) is 4.36. The minimum Gasteiger partial charge on any atom is -0.496 e. The molecule has 0 aliphatic heterocycles. The minimum atomic E-state index is 0.597. The summed E-state index contributed by atoms with van der Waals surface area (Å²) in [4.78, 5) is 0. The number of hydrogen-bond donors (Lipinski definition) is 0. The van der Waals surface area contributed by atoms with Gasteiger partial charge in [-0.2, -0.15) is 0 Å². The average Bonchev–Trinajstić information content (AvgIpc) is 3.19. The molecule has 0 bridgehead atoms. The second-order valence-corrected chi connectivity index (χ2v) is 5.57. The number of ether oxygens (including phenoxy) is 1. The van der Waals surface area contributed by atoms with E-state index in [1.54, 1.807) is 7.11 Å². The van der Waals surface area contributed by atoms with Crippen LogP contribution in [0.2, 0.25) is 0 Å². The van der Waals surface area contributed by atoms with Crippen LogP contribution in [0, 0.1) is 0 Å². The number of hydrogen-bond acceptors (Lipinski definition) is 1. The third-order valence-electron chi connectivity index (χ3n) is 3.63. The first-order valence-corrected chi connectivity index (χ1v) is 6.98. The number of benzene rings is 2. The maximum atomic E-state index is 5.45. The van der Waals surface area contributed by atoms with Gasteiger partial charge in [0, 0.05) is 4.47 Å². The molecule has 1 fully saturated rings. The Morgan fingerprint density at radius 1 is 0.944 bits per heavy atom. The Kier molecular flexibility index (Phi) is 3.13. The van der Waals surface area contributed by atoms with Crippen LogP contribution in [0.15, 0.2) is 53.0 Å². The number of rotatable bonds is 3. The molecule has 0 N–H and O–H groups in total. The summed E-state index contributed by atoms with van der Waals surface area (Å²) in [7, 11) is 1.74. The van der Waals surface area contributed by atoms with E-state index in [1.807, 2.05) is 12.1 Å². The van der Waals surface area contributed by atoms with E-state index in [4.69, 9.17) is 4.74 Å². The van der Waals surface area contributed by atoms with Crippen molar-refractivity contribution in [3.05, 3.63) is 64.1 Å². The van der Waals surface area contributed by atoms with Crippen molar-refractivity contribution in [2.75, 3.05) is 7.11 Å². The van der Waals surface area contributed by atoms with Gasteiger partial charge in [0.05, 0.1) is 7.11 Å². The van der Waals surface area contributed by atoms with E-state index in [-0.39, 0.29) is 0 Å². The SMILES string of the molecule is COc1ccccc1[C@@H]1C[C@H]1c1ccccc1Br. The highest BCUT2D eigenvalue weighted by atomic mass is 79.9. The van der Waals surface area contributed by atoms with Crippen LogP contribution in [0.25, 0.3) is 0 Å². The van der Waals surface area contributed by atoms with E-state index in [2.05, 4.69) is 52.3 Å².